The molecule has 1 aliphatic carbocycles. The number of carboxylic acids is 2. The van der Waals surface area contributed by atoms with Crippen LogP contribution in [0.2, 0.25) is 0 Å². The molecular weight excluding hydrogens is 388 g/mol. The van der Waals surface area contributed by atoms with E-state index in [9.17, 15) is 19.2 Å². The first kappa shape index (κ1) is 25.4. The molecule has 0 bridgehead atoms. The molecule has 0 amide bonds. The molecule has 2 unspecified atom stereocenters. The largest absolute Gasteiger partial charge is 0.481 e. The number of carboxylic acid groups (broad SMARTS) is 2. The van der Waals surface area contributed by atoms with Crippen molar-refractivity contribution >= 4 is 23.5 Å². The van der Waals surface area contributed by atoms with Crippen molar-refractivity contribution in [3.05, 3.63) is 23.5 Å². The lowest BCUT2D eigenvalue weighted by Crippen LogP contribution is -2.34. The summed E-state index contributed by atoms with van der Waals surface area (Å²) in [7, 11) is 0. The number of ketones is 2. The van der Waals surface area contributed by atoms with Gasteiger partial charge in [0.25, 0.3) is 0 Å². The standard InChI is InChI=1S/C22H34N2O6/c1-13(2)5-15(7-21(27)28)11-23-17-9-20(26)18(10-19(17)25)24-12-16(6-14(3)4)8-22(29)30/h9-10,13-16,23-24H,5-8,11-12H2,1-4H3,(H,27,28)(H,29,30). The monoisotopic (exact) mass is 422 g/mol. The fraction of sp³-hybridized carbons (Fsp3) is 0.636. The summed E-state index contributed by atoms with van der Waals surface area (Å²) < 4.78 is 0. The highest BCUT2D eigenvalue weighted by Gasteiger charge is 2.23. The van der Waals surface area contributed by atoms with Crippen molar-refractivity contribution in [1.82, 2.24) is 10.6 Å². The summed E-state index contributed by atoms with van der Waals surface area (Å²) in [4.78, 5) is 46.9. The van der Waals surface area contributed by atoms with Gasteiger partial charge in [0.1, 0.15) is 0 Å². The predicted octanol–water partition coefficient (Wildman–Crippen LogP) is 2.36. The average molecular weight is 423 g/mol. The minimum absolute atomic E-state index is 0.00986. The number of hydrogen-bond donors (Lipinski definition) is 4. The Balaban J connectivity index is 2.69. The topological polar surface area (TPSA) is 133 Å². The highest BCUT2D eigenvalue weighted by Crippen LogP contribution is 2.18. The lowest BCUT2D eigenvalue weighted by Gasteiger charge is -2.22. The zero-order valence-corrected chi connectivity index (χ0v) is 18.2. The Morgan fingerprint density at radius 3 is 1.37 bits per heavy atom. The van der Waals surface area contributed by atoms with E-state index in [1.807, 2.05) is 27.7 Å². The van der Waals surface area contributed by atoms with Crippen molar-refractivity contribution in [2.75, 3.05) is 13.1 Å². The van der Waals surface area contributed by atoms with Crippen molar-refractivity contribution in [3.63, 3.8) is 0 Å². The average Bonchev–Trinajstić information content (AvgIpc) is 2.58. The Morgan fingerprint density at radius 1 is 0.767 bits per heavy atom. The maximum atomic E-state index is 12.4. The number of allylic oxidation sites excluding steroid dienone is 2. The van der Waals surface area contributed by atoms with Gasteiger partial charge in [0.15, 0.2) is 0 Å². The molecule has 0 aromatic rings. The smallest absolute Gasteiger partial charge is 0.303 e. The normalized spacial score (nSPS) is 16.2. The minimum atomic E-state index is -0.897. The third-order valence-electron chi connectivity index (χ3n) is 4.78. The fourth-order valence-electron chi connectivity index (χ4n) is 3.65. The van der Waals surface area contributed by atoms with Crippen molar-refractivity contribution < 1.29 is 29.4 Å². The molecule has 8 nitrogen and oxygen atoms in total. The number of nitrogens with one attached hydrogen (secondary N) is 2. The van der Waals surface area contributed by atoms with Crippen LogP contribution in [0.4, 0.5) is 0 Å². The first-order valence-electron chi connectivity index (χ1n) is 10.4. The predicted molar refractivity (Wildman–Crippen MR) is 113 cm³/mol. The van der Waals surface area contributed by atoms with Crippen LogP contribution in [0.25, 0.3) is 0 Å². The molecule has 0 radical (unpaired) electrons. The molecule has 1 aliphatic rings. The summed E-state index contributed by atoms with van der Waals surface area (Å²) >= 11 is 0. The number of carbonyl (C=O) groups is 4. The quantitative estimate of drug-likeness (QED) is 0.314. The molecule has 0 aliphatic heterocycles. The summed E-state index contributed by atoms with van der Waals surface area (Å²) in [5.74, 6) is -2.20. The molecule has 0 saturated carbocycles. The Hall–Kier alpha value is -2.64. The van der Waals surface area contributed by atoms with E-state index in [0.717, 1.165) is 0 Å². The number of carbonyl (C=O) groups excluding carboxylic acids is 2. The molecule has 168 valence electrons. The molecule has 8 heteroatoms. The summed E-state index contributed by atoms with van der Waals surface area (Å²) in [6.45, 7) is 8.59. The van der Waals surface area contributed by atoms with Gasteiger partial charge in [-0.25, -0.2) is 0 Å². The van der Waals surface area contributed by atoms with Gasteiger partial charge in [-0.05, 0) is 36.5 Å². The van der Waals surface area contributed by atoms with Crippen LogP contribution in [0, 0.1) is 23.7 Å². The molecule has 30 heavy (non-hydrogen) atoms. The van der Waals surface area contributed by atoms with Crippen molar-refractivity contribution in [1.29, 1.82) is 0 Å². The summed E-state index contributed by atoms with van der Waals surface area (Å²) in [6, 6.07) is 0. The number of aliphatic carboxylic acids is 2. The third kappa shape index (κ3) is 9.71. The Morgan fingerprint density at radius 2 is 1.10 bits per heavy atom. The van der Waals surface area contributed by atoms with Gasteiger partial charge in [0.05, 0.1) is 11.4 Å². The van der Waals surface area contributed by atoms with E-state index in [-0.39, 0.29) is 47.6 Å². The molecule has 0 heterocycles. The van der Waals surface area contributed by atoms with Crippen LogP contribution in [-0.4, -0.2) is 46.8 Å². The number of hydrogen-bond acceptors (Lipinski definition) is 6. The molecule has 0 spiro atoms. The SMILES string of the molecule is CC(C)CC(CNC1=CC(=O)C(NCC(CC(=O)O)CC(C)C)=CC1=O)CC(=O)O. The highest BCUT2D eigenvalue weighted by molar-refractivity contribution is 6.19. The van der Waals surface area contributed by atoms with E-state index >= 15 is 0 Å². The van der Waals surface area contributed by atoms with Gasteiger partial charge in [0.2, 0.25) is 11.6 Å². The van der Waals surface area contributed by atoms with Crippen molar-refractivity contribution in [3.8, 4) is 0 Å². The Kier molecular flexibility index (Phi) is 10.3. The van der Waals surface area contributed by atoms with E-state index in [2.05, 4.69) is 10.6 Å². The van der Waals surface area contributed by atoms with E-state index in [1.165, 1.54) is 12.2 Å². The second-order valence-electron chi connectivity index (χ2n) is 8.79. The maximum Gasteiger partial charge on any atom is 0.303 e. The molecule has 0 aromatic heterocycles. The number of rotatable bonds is 14. The molecule has 0 fully saturated rings. The van der Waals surface area contributed by atoms with Crippen LogP contribution in [0.1, 0.15) is 53.4 Å². The van der Waals surface area contributed by atoms with Gasteiger partial charge in [0, 0.05) is 38.1 Å². The molecule has 0 aromatic carbocycles. The second-order valence-corrected chi connectivity index (χ2v) is 8.79. The van der Waals surface area contributed by atoms with Crippen LogP contribution in [0.5, 0.6) is 0 Å². The minimum Gasteiger partial charge on any atom is -0.481 e. The summed E-state index contributed by atoms with van der Waals surface area (Å²) in [5.41, 5.74) is 0.294. The van der Waals surface area contributed by atoms with Crippen LogP contribution < -0.4 is 10.6 Å². The van der Waals surface area contributed by atoms with E-state index < -0.39 is 11.9 Å². The van der Waals surface area contributed by atoms with Gasteiger partial charge in [-0.15, -0.1) is 0 Å². The molecule has 1 rings (SSSR count). The van der Waals surface area contributed by atoms with E-state index in [1.54, 1.807) is 0 Å². The van der Waals surface area contributed by atoms with Crippen LogP contribution in [0.3, 0.4) is 0 Å². The van der Waals surface area contributed by atoms with Gasteiger partial charge < -0.3 is 20.8 Å². The second kappa shape index (κ2) is 12.1. The first-order valence-corrected chi connectivity index (χ1v) is 10.4. The van der Waals surface area contributed by atoms with E-state index in [0.29, 0.717) is 37.8 Å². The Bertz CT molecular complexity index is 648. The Labute approximate surface area is 177 Å². The van der Waals surface area contributed by atoms with Crippen molar-refractivity contribution in [2.45, 2.75) is 53.4 Å². The van der Waals surface area contributed by atoms with Crippen molar-refractivity contribution in [2.24, 2.45) is 23.7 Å². The van der Waals surface area contributed by atoms with Crippen LogP contribution >= 0.6 is 0 Å². The van der Waals surface area contributed by atoms with E-state index in [4.69, 9.17) is 10.2 Å². The zero-order chi connectivity index (χ0) is 22.8. The molecule has 4 N–H and O–H groups in total. The highest BCUT2D eigenvalue weighted by atomic mass is 16.4. The lowest BCUT2D eigenvalue weighted by molar-refractivity contribution is -0.139. The maximum absolute atomic E-state index is 12.4. The lowest BCUT2D eigenvalue weighted by atomic mass is 9.93. The molecule has 0 saturated heterocycles. The molecule has 2 atom stereocenters. The van der Waals surface area contributed by atoms with Gasteiger partial charge in [-0.1, -0.05) is 27.7 Å². The van der Waals surface area contributed by atoms with Gasteiger partial charge >= 0.3 is 11.9 Å². The van der Waals surface area contributed by atoms with Crippen LogP contribution in [0.15, 0.2) is 23.5 Å². The summed E-state index contributed by atoms with van der Waals surface area (Å²) in [5, 5.41) is 24.0. The fourth-order valence-corrected chi connectivity index (χ4v) is 3.65. The van der Waals surface area contributed by atoms with Crippen LogP contribution in [-0.2, 0) is 19.2 Å². The first-order chi connectivity index (χ1) is 14.0. The summed E-state index contributed by atoms with van der Waals surface area (Å²) in [6.07, 6.45) is 3.80. The van der Waals surface area contributed by atoms with Gasteiger partial charge in [-0.3, -0.25) is 19.2 Å². The third-order valence-corrected chi connectivity index (χ3v) is 4.78. The van der Waals surface area contributed by atoms with Gasteiger partial charge in [-0.2, -0.15) is 0 Å². The molecular formula is C22H34N2O6. The zero-order valence-electron chi connectivity index (χ0n) is 18.2.